The van der Waals surface area contributed by atoms with Crippen LogP contribution < -0.4 is 31.7 Å². The minimum atomic E-state index is -0.606. The van der Waals surface area contributed by atoms with Crippen LogP contribution in [-0.4, -0.2) is 22.3 Å². The van der Waals surface area contributed by atoms with Crippen molar-refractivity contribution in [1.82, 2.24) is 9.13 Å². The molecule has 0 saturated carbocycles. The van der Waals surface area contributed by atoms with Crippen molar-refractivity contribution >= 4 is 21.5 Å². The molecule has 2 aromatic heterocycles. The van der Waals surface area contributed by atoms with E-state index in [0.717, 1.165) is 53.8 Å². The monoisotopic (exact) mass is 788 g/mol. The lowest BCUT2D eigenvalue weighted by atomic mass is 9.92. The van der Waals surface area contributed by atoms with E-state index in [1.54, 1.807) is 6.07 Å². The van der Waals surface area contributed by atoms with E-state index in [9.17, 15) is 19.2 Å². The Balaban J connectivity index is 1.13. The Morgan fingerprint density at radius 1 is 0.433 bits per heavy atom. The van der Waals surface area contributed by atoms with Gasteiger partial charge in [-0.05, 0) is 76.2 Å². The number of aryl methyl sites for hydroxylation is 1. The molecular formula is C52H40N2O6. The molecule has 0 radical (unpaired) electrons. The molecule has 60 heavy (non-hydrogen) atoms. The van der Waals surface area contributed by atoms with Crippen LogP contribution in [0.25, 0.3) is 38.4 Å². The van der Waals surface area contributed by atoms with Gasteiger partial charge in [0.15, 0.2) is 0 Å². The lowest BCUT2D eigenvalue weighted by Gasteiger charge is -2.21. The number of fused-ring (bicyclic) bond motifs is 2. The number of nitrogens with zero attached hydrogens (tertiary/aromatic N) is 2. The number of benzene rings is 7. The summed E-state index contributed by atoms with van der Waals surface area (Å²) in [5, 5.41) is 0.310. The van der Waals surface area contributed by atoms with Crippen molar-refractivity contribution in [2.45, 2.75) is 18.8 Å². The molecule has 2 heterocycles. The normalized spacial score (nSPS) is 11.5. The molecule has 7 aromatic carbocycles. The lowest BCUT2D eigenvalue weighted by molar-refractivity contribution is 0.301. The van der Waals surface area contributed by atoms with Gasteiger partial charge >= 0.3 is 0 Å². The van der Waals surface area contributed by atoms with Gasteiger partial charge in [-0.25, -0.2) is 4.57 Å². The van der Waals surface area contributed by atoms with Crippen molar-refractivity contribution in [3.8, 4) is 28.3 Å². The summed E-state index contributed by atoms with van der Waals surface area (Å²) in [4.78, 5) is 54.1. The van der Waals surface area contributed by atoms with Gasteiger partial charge in [0, 0.05) is 18.9 Å². The number of rotatable bonds is 12. The topological polar surface area (TPSA) is 96.6 Å². The summed E-state index contributed by atoms with van der Waals surface area (Å²) in [5.41, 5.74) is 5.00. The van der Waals surface area contributed by atoms with Crippen molar-refractivity contribution in [2.24, 2.45) is 7.05 Å². The zero-order chi connectivity index (χ0) is 41.3. The predicted molar refractivity (Wildman–Crippen MR) is 238 cm³/mol. The molecule has 0 aliphatic carbocycles. The lowest BCUT2D eigenvalue weighted by Crippen LogP contribution is -2.24. The molecule has 0 saturated heterocycles. The second-order valence-electron chi connectivity index (χ2n) is 15.1. The first-order valence-corrected chi connectivity index (χ1v) is 19.9. The summed E-state index contributed by atoms with van der Waals surface area (Å²) in [6.45, 7) is 2.63. The number of hydrogen-bond acceptors (Lipinski definition) is 6. The third-order valence-electron chi connectivity index (χ3n) is 11.4. The number of aromatic nitrogens is 2. The van der Waals surface area contributed by atoms with Crippen LogP contribution in [0.4, 0.5) is 0 Å². The molecular weight excluding hydrogens is 749 g/mol. The highest BCUT2D eigenvalue weighted by molar-refractivity contribution is 5.98. The third-order valence-corrected chi connectivity index (χ3v) is 11.4. The van der Waals surface area contributed by atoms with Crippen molar-refractivity contribution in [1.29, 1.82) is 0 Å². The Morgan fingerprint density at radius 3 is 1.23 bits per heavy atom. The first kappa shape index (κ1) is 38.0. The molecule has 9 rings (SSSR count). The van der Waals surface area contributed by atoms with Crippen molar-refractivity contribution < 1.29 is 9.47 Å². The van der Waals surface area contributed by atoms with E-state index in [-0.39, 0.29) is 45.7 Å². The fraction of sp³-hybridized carbons (Fsp3) is 0.115. The summed E-state index contributed by atoms with van der Waals surface area (Å²) >= 11 is 0. The molecule has 0 amide bonds. The number of hydrogen-bond donors (Lipinski definition) is 0. The predicted octanol–water partition coefficient (Wildman–Crippen LogP) is 8.84. The van der Waals surface area contributed by atoms with Gasteiger partial charge in [-0.3, -0.25) is 23.7 Å². The molecule has 8 nitrogen and oxygen atoms in total. The van der Waals surface area contributed by atoms with Gasteiger partial charge < -0.3 is 9.47 Å². The molecule has 0 fully saturated rings. The van der Waals surface area contributed by atoms with Crippen LogP contribution in [0.2, 0.25) is 0 Å². The second kappa shape index (κ2) is 16.0. The van der Waals surface area contributed by atoms with Crippen molar-refractivity contribution in [3.05, 3.63) is 239 Å². The van der Waals surface area contributed by atoms with Crippen LogP contribution in [0.3, 0.4) is 0 Å². The highest BCUT2D eigenvalue weighted by atomic mass is 16.5. The fourth-order valence-electron chi connectivity index (χ4n) is 8.10. The van der Waals surface area contributed by atoms with E-state index in [0.29, 0.717) is 12.4 Å². The Bertz CT molecular complexity index is 3050. The van der Waals surface area contributed by atoms with E-state index in [1.165, 1.54) is 19.2 Å². The Hall–Kier alpha value is -7.58. The fourth-order valence-corrected chi connectivity index (χ4v) is 8.10. The summed E-state index contributed by atoms with van der Waals surface area (Å²) in [6, 6.07) is 54.9. The van der Waals surface area contributed by atoms with Gasteiger partial charge in [-0.1, -0.05) is 140 Å². The smallest absolute Gasteiger partial charge is 0.266 e. The van der Waals surface area contributed by atoms with E-state index in [2.05, 4.69) is 48.5 Å². The molecule has 0 atom stereocenters. The molecule has 0 unspecified atom stereocenters. The maximum atomic E-state index is 14.2. The number of ether oxygens (including phenoxy) is 2. The van der Waals surface area contributed by atoms with E-state index < -0.39 is 22.2 Å². The zero-order valence-corrected chi connectivity index (χ0v) is 33.1. The molecule has 9 aromatic rings. The second-order valence-corrected chi connectivity index (χ2v) is 15.1. The van der Waals surface area contributed by atoms with Crippen LogP contribution in [0, 0.1) is 6.92 Å². The van der Waals surface area contributed by atoms with Crippen LogP contribution in [-0.2, 0) is 7.05 Å². The largest absolute Gasteiger partial charge is 0.492 e. The quantitative estimate of drug-likeness (QED) is 0.123. The highest BCUT2D eigenvalue weighted by Gasteiger charge is 2.23. The van der Waals surface area contributed by atoms with Gasteiger partial charge in [0.25, 0.3) is 22.2 Å². The minimum Gasteiger partial charge on any atom is -0.492 e. The molecule has 0 bridgehead atoms. The van der Waals surface area contributed by atoms with Crippen molar-refractivity contribution in [2.75, 3.05) is 13.2 Å². The molecule has 0 spiro atoms. The molecule has 8 heteroatoms. The summed E-state index contributed by atoms with van der Waals surface area (Å²) < 4.78 is 15.4. The van der Waals surface area contributed by atoms with Gasteiger partial charge in [0.2, 0.25) is 0 Å². The minimum absolute atomic E-state index is 0.00916. The Kier molecular flexibility index (Phi) is 10.1. The van der Waals surface area contributed by atoms with Crippen LogP contribution in [0.1, 0.15) is 39.7 Å². The molecule has 0 aliphatic rings. The molecule has 0 aliphatic heterocycles. The van der Waals surface area contributed by atoms with Crippen molar-refractivity contribution in [3.63, 3.8) is 0 Å². The summed E-state index contributed by atoms with van der Waals surface area (Å²) in [5.74, 6) is 0.876. The van der Waals surface area contributed by atoms with Gasteiger partial charge in [0.1, 0.15) is 11.5 Å². The first-order chi connectivity index (χ1) is 29.3. The standard InChI is InChI=1S/C52H40N2O6/c1-33-23-24-38(27-47(33)59-31-44(34-15-7-3-8-16-34)35-17-9-4-10-18-35)39-25-26-46(48(28-39)60-32-45(36-19-11-5-12-20-36)37-21-13-6-14-22-37)54-51(57)42-29-40-41(30-43(42)52(54)58)50(56)53(2)49(40)55/h3-30,44-45H,31-32H2,1-2H3. The summed E-state index contributed by atoms with van der Waals surface area (Å²) in [6.07, 6.45) is 0. The summed E-state index contributed by atoms with van der Waals surface area (Å²) in [7, 11) is 1.38. The van der Waals surface area contributed by atoms with E-state index in [4.69, 9.17) is 9.47 Å². The van der Waals surface area contributed by atoms with Gasteiger partial charge in [-0.2, -0.15) is 0 Å². The maximum Gasteiger partial charge on any atom is 0.266 e. The Labute approximate surface area is 345 Å². The van der Waals surface area contributed by atoms with Crippen LogP contribution >= 0.6 is 0 Å². The van der Waals surface area contributed by atoms with Crippen LogP contribution in [0.5, 0.6) is 11.5 Å². The molecule has 294 valence electrons. The van der Waals surface area contributed by atoms with Gasteiger partial charge in [0.05, 0.1) is 40.4 Å². The first-order valence-electron chi connectivity index (χ1n) is 19.9. The SMILES string of the molecule is Cc1ccc(-c2ccc(-n3c(=O)c4cc5c(=O)n(C)c(=O)c5cc4c3=O)c(OCC(c3ccccc3)c3ccccc3)c2)cc1OCC(c1ccccc1)c1ccccc1. The average molecular weight is 789 g/mol. The highest BCUT2D eigenvalue weighted by Crippen LogP contribution is 2.35. The van der Waals surface area contributed by atoms with Gasteiger partial charge in [-0.15, -0.1) is 0 Å². The van der Waals surface area contributed by atoms with E-state index in [1.807, 2.05) is 110 Å². The van der Waals surface area contributed by atoms with Crippen LogP contribution in [0.15, 0.2) is 189 Å². The maximum absolute atomic E-state index is 14.2. The third kappa shape index (κ3) is 7.02. The zero-order valence-electron chi connectivity index (χ0n) is 33.1. The molecule has 0 N–H and O–H groups in total. The van der Waals surface area contributed by atoms with E-state index >= 15 is 0 Å². The Morgan fingerprint density at radius 2 is 0.800 bits per heavy atom. The average Bonchev–Trinajstić information content (AvgIpc) is 3.66.